The number of alkyl halides is 5. The molecule has 0 bridgehead atoms. The van der Waals surface area contributed by atoms with Gasteiger partial charge in [0, 0.05) is 5.69 Å². The first-order valence-electron chi connectivity index (χ1n) is 6.66. The SMILES string of the molecule is O=C1N(c2ccccc2)C(c2ccc(C(F)(F)F)cc2)C1(F)F. The molecule has 1 unspecified atom stereocenters. The molecule has 1 fully saturated rings. The second-order valence-corrected chi connectivity index (χ2v) is 5.16. The van der Waals surface area contributed by atoms with Gasteiger partial charge in [0.1, 0.15) is 6.04 Å². The van der Waals surface area contributed by atoms with Gasteiger partial charge in [0.05, 0.1) is 5.56 Å². The summed E-state index contributed by atoms with van der Waals surface area (Å²) in [6, 6.07) is 9.63. The molecule has 0 spiro atoms. The van der Waals surface area contributed by atoms with E-state index in [0.29, 0.717) is 0 Å². The van der Waals surface area contributed by atoms with Crippen LogP contribution in [0.4, 0.5) is 27.6 Å². The molecule has 7 heteroatoms. The first-order valence-corrected chi connectivity index (χ1v) is 6.66. The summed E-state index contributed by atoms with van der Waals surface area (Å²) in [6.45, 7) is 0. The molecule has 0 radical (unpaired) electrons. The van der Waals surface area contributed by atoms with Crippen LogP contribution in [-0.4, -0.2) is 11.8 Å². The van der Waals surface area contributed by atoms with Crippen molar-refractivity contribution in [2.75, 3.05) is 4.90 Å². The molecule has 120 valence electrons. The molecule has 1 aliphatic rings. The van der Waals surface area contributed by atoms with Crippen molar-refractivity contribution in [2.24, 2.45) is 0 Å². The van der Waals surface area contributed by atoms with E-state index in [1.54, 1.807) is 18.2 Å². The molecular weight excluding hydrogens is 317 g/mol. The summed E-state index contributed by atoms with van der Waals surface area (Å²) in [5.74, 6) is -5.01. The Labute approximate surface area is 128 Å². The van der Waals surface area contributed by atoms with Crippen LogP contribution in [0.25, 0.3) is 0 Å². The van der Waals surface area contributed by atoms with E-state index >= 15 is 0 Å². The van der Waals surface area contributed by atoms with Crippen molar-refractivity contribution in [2.45, 2.75) is 18.1 Å². The summed E-state index contributed by atoms with van der Waals surface area (Å²) in [6.07, 6.45) is -4.55. The fourth-order valence-corrected chi connectivity index (χ4v) is 2.56. The van der Waals surface area contributed by atoms with Crippen LogP contribution in [0, 0.1) is 0 Å². The predicted molar refractivity (Wildman–Crippen MR) is 73.1 cm³/mol. The highest BCUT2D eigenvalue weighted by Crippen LogP contribution is 2.49. The molecule has 2 aromatic carbocycles. The van der Waals surface area contributed by atoms with Crippen molar-refractivity contribution in [3.05, 3.63) is 65.7 Å². The summed E-state index contributed by atoms with van der Waals surface area (Å²) in [5, 5.41) is 0. The van der Waals surface area contributed by atoms with E-state index in [9.17, 15) is 26.7 Å². The zero-order valence-electron chi connectivity index (χ0n) is 11.5. The highest BCUT2D eigenvalue weighted by atomic mass is 19.4. The number of hydrogen-bond acceptors (Lipinski definition) is 1. The van der Waals surface area contributed by atoms with Gasteiger partial charge in [-0.3, -0.25) is 9.69 Å². The Bertz CT molecular complexity index is 724. The van der Waals surface area contributed by atoms with Gasteiger partial charge in [0.2, 0.25) is 0 Å². The van der Waals surface area contributed by atoms with E-state index in [1.165, 1.54) is 12.1 Å². The van der Waals surface area contributed by atoms with Gasteiger partial charge >= 0.3 is 18.0 Å². The second-order valence-electron chi connectivity index (χ2n) is 5.16. The summed E-state index contributed by atoms with van der Waals surface area (Å²) in [4.78, 5) is 12.6. The van der Waals surface area contributed by atoms with Crippen molar-refractivity contribution in [1.82, 2.24) is 0 Å². The largest absolute Gasteiger partial charge is 0.416 e. The van der Waals surface area contributed by atoms with E-state index in [1.807, 2.05) is 0 Å². The van der Waals surface area contributed by atoms with E-state index in [4.69, 9.17) is 0 Å². The third-order valence-electron chi connectivity index (χ3n) is 3.69. The zero-order chi connectivity index (χ0) is 16.8. The molecule has 2 nitrogen and oxygen atoms in total. The predicted octanol–water partition coefficient (Wildman–Crippen LogP) is 4.43. The lowest BCUT2D eigenvalue weighted by molar-refractivity contribution is -0.162. The van der Waals surface area contributed by atoms with Crippen molar-refractivity contribution < 1.29 is 26.7 Å². The van der Waals surface area contributed by atoms with Crippen LogP contribution >= 0.6 is 0 Å². The number of benzene rings is 2. The highest BCUT2D eigenvalue weighted by molar-refractivity contribution is 6.07. The van der Waals surface area contributed by atoms with E-state index < -0.39 is 29.6 Å². The molecule has 23 heavy (non-hydrogen) atoms. The summed E-state index contributed by atoms with van der Waals surface area (Å²) in [7, 11) is 0. The lowest BCUT2D eigenvalue weighted by Gasteiger charge is -2.46. The maximum absolute atomic E-state index is 13.9. The van der Waals surface area contributed by atoms with Gasteiger partial charge in [-0.15, -0.1) is 0 Å². The molecule has 1 heterocycles. The topological polar surface area (TPSA) is 20.3 Å². The monoisotopic (exact) mass is 327 g/mol. The molecule has 1 amide bonds. The van der Waals surface area contributed by atoms with Gasteiger partial charge in [-0.05, 0) is 29.8 Å². The molecular formula is C16H10F5NO. The third kappa shape index (κ3) is 2.46. The molecule has 0 aromatic heterocycles. The molecule has 0 saturated carbocycles. The quantitative estimate of drug-likeness (QED) is 0.590. The zero-order valence-corrected chi connectivity index (χ0v) is 11.5. The number of anilines is 1. The summed E-state index contributed by atoms with van der Waals surface area (Å²) in [5.41, 5.74) is -0.707. The molecule has 3 rings (SSSR count). The average molecular weight is 327 g/mol. The lowest BCUT2D eigenvalue weighted by atomic mass is 9.88. The van der Waals surface area contributed by atoms with Crippen LogP contribution in [0.3, 0.4) is 0 Å². The van der Waals surface area contributed by atoms with Crippen molar-refractivity contribution in [1.29, 1.82) is 0 Å². The molecule has 1 atom stereocenters. The molecule has 2 aromatic rings. The van der Waals surface area contributed by atoms with Gasteiger partial charge in [-0.25, -0.2) is 0 Å². The molecule has 0 N–H and O–H groups in total. The Morgan fingerprint density at radius 3 is 2.00 bits per heavy atom. The first kappa shape index (κ1) is 15.5. The Balaban J connectivity index is 1.97. The molecule has 1 aliphatic heterocycles. The summed E-state index contributed by atoms with van der Waals surface area (Å²) < 4.78 is 65.6. The Hall–Kier alpha value is -2.44. The number of amides is 1. The maximum Gasteiger partial charge on any atom is 0.416 e. The number of hydrogen-bond donors (Lipinski definition) is 0. The number of nitrogens with zero attached hydrogens (tertiary/aromatic N) is 1. The van der Waals surface area contributed by atoms with E-state index in [0.717, 1.165) is 29.2 Å². The van der Waals surface area contributed by atoms with Gasteiger partial charge in [0.25, 0.3) is 0 Å². The standard InChI is InChI=1S/C16H10F5NO/c17-15(18)13(10-6-8-11(9-7-10)16(19,20)21)22(14(15)23)12-4-2-1-3-5-12/h1-9,13H. The number of rotatable bonds is 2. The number of carbonyl (C=O) groups is 1. The van der Waals surface area contributed by atoms with E-state index in [-0.39, 0.29) is 11.3 Å². The Kier molecular flexibility index (Phi) is 3.39. The second kappa shape index (κ2) is 5.04. The normalized spacial score (nSPS) is 20.3. The molecule has 1 saturated heterocycles. The highest BCUT2D eigenvalue weighted by Gasteiger charge is 2.64. The fraction of sp³-hybridized carbons (Fsp3) is 0.188. The van der Waals surface area contributed by atoms with Crippen LogP contribution in [-0.2, 0) is 11.0 Å². The number of β-lactam (4-membered cyclic amide) rings is 1. The average Bonchev–Trinajstić information content (AvgIpc) is 2.52. The van der Waals surface area contributed by atoms with Crippen molar-refractivity contribution >= 4 is 11.6 Å². The van der Waals surface area contributed by atoms with Crippen molar-refractivity contribution in [3.63, 3.8) is 0 Å². The minimum absolute atomic E-state index is 0.0496. The smallest absolute Gasteiger partial charge is 0.293 e. The Morgan fingerprint density at radius 2 is 1.48 bits per heavy atom. The van der Waals surface area contributed by atoms with Gasteiger partial charge in [0.15, 0.2) is 0 Å². The number of halogens is 5. The third-order valence-corrected chi connectivity index (χ3v) is 3.69. The van der Waals surface area contributed by atoms with Gasteiger partial charge < -0.3 is 0 Å². The Morgan fingerprint density at radius 1 is 0.913 bits per heavy atom. The van der Waals surface area contributed by atoms with Crippen molar-refractivity contribution in [3.8, 4) is 0 Å². The van der Waals surface area contributed by atoms with Gasteiger partial charge in [-0.1, -0.05) is 30.3 Å². The fourth-order valence-electron chi connectivity index (χ4n) is 2.56. The number of para-hydroxylation sites is 1. The van der Waals surface area contributed by atoms with Crippen LogP contribution < -0.4 is 4.90 Å². The number of carbonyl (C=O) groups excluding carboxylic acids is 1. The van der Waals surface area contributed by atoms with Crippen LogP contribution in [0.15, 0.2) is 54.6 Å². The van der Waals surface area contributed by atoms with Crippen LogP contribution in [0.1, 0.15) is 17.2 Å². The van der Waals surface area contributed by atoms with Crippen LogP contribution in [0.2, 0.25) is 0 Å². The van der Waals surface area contributed by atoms with Gasteiger partial charge in [-0.2, -0.15) is 22.0 Å². The lowest BCUT2D eigenvalue weighted by Crippen LogP contribution is -2.64. The maximum atomic E-state index is 13.9. The minimum atomic E-state index is -4.55. The first-order chi connectivity index (χ1) is 10.7. The molecule has 0 aliphatic carbocycles. The van der Waals surface area contributed by atoms with Crippen LogP contribution in [0.5, 0.6) is 0 Å². The van der Waals surface area contributed by atoms with E-state index in [2.05, 4.69) is 0 Å². The minimum Gasteiger partial charge on any atom is -0.293 e. The summed E-state index contributed by atoms with van der Waals surface area (Å²) >= 11 is 0.